The maximum absolute atomic E-state index is 11.4. The highest BCUT2D eigenvalue weighted by Crippen LogP contribution is 2.16. The number of benzene rings is 1. The standard InChI is InChI=1S/C12H12O3/c1-3-11(12(14)15-2)10-6-4-5-9(7-10)8-13/h3-8H,1-2H3. The average Bonchev–Trinajstić information content (AvgIpc) is 2.30. The molecule has 1 aromatic rings. The Labute approximate surface area is 88.4 Å². The largest absolute Gasteiger partial charge is 0.465 e. The lowest BCUT2D eigenvalue weighted by molar-refractivity contribution is -0.133. The molecular formula is C12H12O3. The summed E-state index contributed by atoms with van der Waals surface area (Å²) in [7, 11) is 1.33. The molecule has 0 saturated carbocycles. The van der Waals surface area contributed by atoms with E-state index in [-0.39, 0.29) is 0 Å². The van der Waals surface area contributed by atoms with E-state index in [9.17, 15) is 9.59 Å². The van der Waals surface area contributed by atoms with Crippen molar-refractivity contribution in [1.82, 2.24) is 0 Å². The minimum absolute atomic E-state index is 0.402. The molecule has 0 aliphatic rings. The highest BCUT2D eigenvalue weighted by atomic mass is 16.5. The molecule has 1 rings (SSSR count). The van der Waals surface area contributed by atoms with Crippen LogP contribution in [-0.4, -0.2) is 19.4 Å². The van der Waals surface area contributed by atoms with Crippen LogP contribution in [0.15, 0.2) is 30.3 Å². The fourth-order valence-corrected chi connectivity index (χ4v) is 1.29. The van der Waals surface area contributed by atoms with E-state index in [0.717, 1.165) is 6.29 Å². The number of rotatable bonds is 3. The molecule has 0 atom stereocenters. The van der Waals surface area contributed by atoms with Crippen LogP contribution in [0.25, 0.3) is 5.57 Å². The topological polar surface area (TPSA) is 43.4 Å². The number of hydrogen-bond acceptors (Lipinski definition) is 3. The van der Waals surface area contributed by atoms with E-state index in [2.05, 4.69) is 4.74 Å². The number of carbonyl (C=O) groups excluding carboxylic acids is 2. The highest BCUT2D eigenvalue weighted by molar-refractivity contribution is 6.16. The quantitative estimate of drug-likeness (QED) is 0.430. The molecule has 15 heavy (non-hydrogen) atoms. The number of ether oxygens (including phenoxy) is 1. The first-order chi connectivity index (χ1) is 7.22. The van der Waals surface area contributed by atoms with Crippen molar-refractivity contribution in [3.63, 3.8) is 0 Å². The number of allylic oxidation sites excluding steroid dienone is 1. The molecule has 3 nitrogen and oxygen atoms in total. The molecule has 0 N–H and O–H groups in total. The van der Waals surface area contributed by atoms with E-state index in [0.29, 0.717) is 16.7 Å². The Kier molecular flexibility index (Phi) is 3.80. The van der Waals surface area contributed by atoms with Gasteiger partial charge in [0, 0.05) is 5.56 Å². The molecule has 0 aliphatic carbocycles. The second kappa shape index (κ2) is 5.10. The van der Waals surface area contributed by atoms with Crippen LogP contribution < -0.4 is 0 Å². The summed E-state index contributed by atoms with van der Waals surface area (Å²) in [5.74, 6) is -0.402. The van der Waals surface area contributed by atoms with E-state index in [1.54, 1.807) is 37.3 Å². The van der Waals surface area contributed by atoms with E-state index in [1.807, 2.05) is 0 Å². The first kappa shape index (κ1) is 11.2. The van der Waals surface area contributed by atoms with Crippen molar-refractivity contribution in [2.45, 2.75) is 6.92 Å². The Bertz CT molecular complexity index is 405. The van der Waals surface area contributed by atoms with Crippen LogP contribution in [0.3, 0.4) is 0 Å². The second-order valence-corrected chi connectivity index (χ2v) is 2.94. The normalized spacial score (nSPS) is 10.9. The van der Waals surface area contributed by atoms with Crippen LogP contribution in [0, 0.1) is 0 Å². The van der Waals surface area contributed by atoms with Crippen LogP contribution in [0.1, 0.15) is 22.8 Å². The van der Waals surface area contributed by atoms with Gasteiger partial charge in [-0.05, 0) is 18.6 Å². The number of methoxy groups -OCH3 is 1. The first-order valence-corrected chi connectivity index (χ1v) is 4.53. The van der Waals surface area contributed by atoms with Gasteiger partial charge in [-0.3, -0.25) is 4.79 Å². The van der Waals surface area contributed by atoms with Crippen molar-refractivity contribution in [3.05, 3.63) is 41.5 Å². The van der Waals surface area contributed by atoms with Gasteiger partial charge in [-0.2, -0.15) is 0 Å². The molecule has 0 aromatic heterocycles. The second-order valence-electron chi connectivity index (χ2n) is 2.94. The zero-order valence-corrected chi connectivity index (χ0v) is 8.69. The molecule has 0 spiro atoms. The van der Waals surface area contributed by atoms with Crippen LogP contribution in [0.5, 0.6) is 0 Å². The fraction of sp³-hybridized carbons (Fsp3) is 0.167. The van der Waals surface area contributed by atoms with Gasteiger partial charge in [0.25, 0.3) is 0 Å². The van der Waals surface area contributed by atoms with Gasteiger partial charge in [0.1, 0.15) is 6.29 Å². The monoisotopic (exact) mass is 204 g/mol. The predicted molar refractivity (Wildman–Crippen MR) is 57.5 cm³/mol. The van der Waals surface area contributed by atoms with E-state index in [4.69, 9.17) is 0 Å². The third-order valence-electron chi connectivity index (χ3n) is 2.03. The minimum Gasteiger partial charge on any atom is -0.465 e. The van der Waals surface area contributed by atoms with Crippen LogP contribution >= 0.6 is 0 Å². The van der Waals surface area contributed by atoms with Gasteiger partial charge < -0.3 is 4.74 Å². The first-order valence-electron chi connectivity index (χ1n) is 4.53. The van der Waals surface area contributed by atoms with Gasteiger partial charge in [-0.1, -0.05) is 24.3 Å². The van der Waals surface area contributed by atoms with Crippen molar-refractivity contribution in [1.29, 1.82) is 0 Å². The Morgan fingerprint density at radius 2 is 2.13 bits per heavy atom. The minimum atomic E-state index is -0.402. The molecule has 0 radical (unpaired) electrons. The van der Waals surface area contributed by atoms with Crippen LogP contribution in [0.4, 0.5) is 0 Å². The van der Waals surface area contributed by atoms with Crippen molar-refractivity contribution < 1.29 is 14.3 Å². The summed E-state index contributed by atoms with van der Waals surface area (Å²) in [4.78, 5) is 21.9. The van der Waals surface area contributed by atoms with Crippen molar-refractivity contribution in [2.24, 2.45) is 0 Å². The maximum atomic E-state index is 11.4. The lowest BCUT2D eigenvalue weighted by atomic mass is 10.0. The molecule has 78 valence electrons. The molecule has 0 unspecified atom stereocenters. The zero-order chi connectivity index (χ0) is 11.3. The summed E-state index contributed by atoms with van der Waals surface area (Å²) in [5, 5.41) is 0. The molecule has 0 heterocycles. The Balaban J connectivity index is 3.13. The van der Waals surface area contributed by atoms with Crippen molar-refractivity contribution in [2.75, 3.05) is 7.11 Å². The molecule has 1 aromatic carbocycles. The highest BCUT2D eigenvalue weighted by Gasteiger charge is 2.10. The summed E-state index contributed by atoms with van der Waals surface area (Å²) >= 11 is 0. The van der Waals surface area contributed by atoms with E-state index < -0.39 is 5.97 Å². The molecule has 0 fully saturated rings. The average molecular weight is 204 g/mol. The Morgan fingerprint density at radius 1 is 1.40 bits per heavy atom. The van der Waals surface area contributed by atoms with Gasteiger partial charge in [0.2, 0.25) is 0 Å². The number of esters is 1. The third kappa shape index (κ3) is 2.53. The maximum Gasteiger partial charge on any atom is 0.338 e. The van der Waals surface area contributed by atoms with Crippen LogP contribution in [0.2, 0.25) is 0 Å². The molecule has 0 saturated heterocycles. The van der Waals surface area contributed by atoms with Gasteiger partial charge in [0.05, 0.1) is 12.7 Å². The predicted octanol–water partition coefficient (Wildman–Crippen LogP) is 2.08. The summed E-state index contributed by atoms with van der Waals surface area (Å²) in [6, 6.07) is 6.82. The molecule has 3 heteroatoms. The van der Waals surface area contributed by atoms with Gasteiger partial charge >= 0.3 is 5.97 Å². The van der Waals surface area contributed by atoms with Crippen LogP contribution in [-0.2, 0) is 9.53 Å². The molecular weight excluding hydrogens is 192 g/mol. The summed E-state index contributed by atoms with van der Waals surface area (Å²) in [6.45, 7) is 1.75. The van der Waals surface area contributed by atoms with Crippen molar-refractivity contribution >= 4 is 17.8 Å². The molecule has 0 aliphatic heterocycles. The van der Waals surface area contributed by atoms with Gasteiger partial charge in [-0.25, -0.2) is 4.79 Å². The SMILES string of the molecule is CC=C(C(=O)OC)c1cccc(C=O)c1. The summed E-state index contributed by atoms with van der Waals surface area (Å²) in [5.41, 5.74) is 1.69. The molecule has 0 amide bonds. The Morgan fingerprint density at radius 3 is 2.67 bits per heavy atom. The number of hydrogen-bond donors (Lipinski definition) is 0. The summed E-state index contributed by atoms with van der Waals surface area (Å²) in [6.07, 6.45) is 2.41. The van der Waals surface area contributed by atoms with Gasteiger partial charge in [-0.15, -0.1) is 0 Å². The smallest absolute Gasteiger partial charge is 0.338 e. The fourth-order valence-electron chi connectivity index (χ4n) is 1.29. The Hall–Kier alpha value is -1.90. The molecule has 0 bridgehead atoms. The number of aldehydes is 1. The third-order valence-corrected chi connectivity index (χ3v) is 2.03. The van der Waals surface area contributed by atoms with Gasteiger partial charge in [0.15, 0.2) is 0 Å². The van der Waals surface area contributed by atoms with E-state index in [1.165, 1.54) is 7.11 Å². The zero-order valence-electron chi connectivity index (χ0n) is 8.69. The van der Waals surface area contributed by atoms with E-state index >= 15 is 0 Å². The number of carbonyl (C=O) groups is 2. The van der Waals surface area contributed by atoms with Crippen molar-refractivity contribution in [3.8, 4) is 0 Å². The lowest BCUT2D eigenvalue weighted by Gasteiger charge is -2.05. The lowest BCUT2D eigenvalue weighted by Crippen LogP contribution is -2.03. The summed E-state index contributed by atoms with van der Waals surface area (Å²) < 4.78 is 4.64.